The minimum Gasteiger partial charge on any atom is -0.369 e. The van der Waals surface area contributed by atoms with Crippen molar-refractivity contribution < 1.29 is 4.39 Å². The molecule has 1 fully saturated rings. The molecule has 1 atom stereocenters. The standard InChI is InChI=1S/C16H25FN2/c1-12(2)18-10-14-6-7-15(17)16(9-14)19-8-4-5-13(3)11-19/h6-7,9,12-13,18H,4-5,8,10-11H2,1-3H3. The van der Waals surface area contributed by atoms with Crippen LogP contribution in [0, 0.1) is 11.7 Å². The van der Waals surface area contributed by atoms with Crippen LogP contribution in [0.4, 0.5) is 10.1 Å². The quantitative estimate of drug-likeness (QED) is 0.894. The fraction of sp³-hybridized carbons (Fsp3) is 0.625. The third-order valence-electron chi connectivity index (χ3n) is 3.72. The first-order valence-electron chi connectivity index (χ1n) is 7.33. The van der Waals surface area contributed by atoms with Crippen molar-refractivity contribution in [1.29, 1.82) is 0 Å². The van der Waals surface area contributed by atoms with Gasteiger partial charge >= 0.3 is 0 Å². The Morgan fingerprint density at radius 3 is 2.89 bits per heavy atom. The second-order valence-electron chi connectivity index (χ2n) is 6.01. The molecule has 19 heavy (non-hydrogen) atoms. The van der Waals surface area contributed by atoms with Crippen molar-refractivity contribution in [3.05, 3.63) is 29.6 Å². The normalized spacial score (nSPS) is 20.1. The molecule has 1 aliphatic rings. The minimum atomic E-state index is -0.0950. The van der Waals surface area contributed by atoms with E-state index in [1.165, 1.54) is 6.42 Å². The average molecular weight is 264 g/mol. The third kappa shape index (κ3) is 3.93. The maximum absolute atomic E-state index is 14.0. The van der Waals surface area contributed by atoms with Crippen LogP contribution in [0.25, 0.3) is 0 Å². The molecule has 0 saturated carbocycles. The molecule has 2 rings (SSSR count). The molecule has 1 aliphatic heterocycles. The molecule has 1 N–H and O–H groups in total. The molecule has 0 radical (unpaired) electrons. The lowest BCUT2D eigenvalue weighted by Gasteiger charge is -2.33. The average Bonchev–Trinajstić information content (AvgIpc) is 2.37. The molecule has 1 aromatic carbocycles. The maximum Gasteiger partial charge on any atom is 0.146 e. The van der Waals surface area contributed by atoms with Gasteiger partial charge in [-0.1, -0.05) is 26.8 Å². The van der Waals surface area contributed by atoms with Gasteiger partial charge in [0.05, 0.1) is 5.69 Å². The van der Waals surface area contributed by atoms with E-state index < -0.39 is 0 Å². The van der Waals surface area contributed by atoms with Gasteiger partial charge in [-0.3, -0.25) is 0 Å². The molecule has 1 saturated heterocycles. The molecule has 0 bridgehead atoms. The number of halogens is 1. The van der Waals surface area contributed by atoms with Crippen molar-refractivity contribution in [2.24, 2.45) is 5.92 Å². The van der Waals surface area contributed by atoms with Crippen molar-refractivity contribution in [3.63, 3.8) is 0 Å². The minimum absolute atomic E-state index is 0.0950. The van der Waals surface area contributed by atoms with E-state index in [2.05, 4.69) is 31.0 Å². The van der Waals surface area contributed by atoms with Crippen molar-refractivity contribution in [2.75, 3.05) is 18.0 Å². The van der Waals surface area contributed by atoms with E-state index in [1.54, 1.807) is 6.07 Å². The van der Waals surface area contributed by atoms with Gasteiger partial charge < -0.3 is 10.2 Å². The lowest BCUT2D eigenvalue weighted by Crippen LogP contribution is -2.35. The van der Waals surface area contributed by atoms with E-state index >= 15 is 0 Å². The highest BCUT2D eigenvalue weighted by Crippen LogP contribution is 2.26. The number of piperidine rings is 1. The number of anilines is 1. The largest absolute Gasteiger partial charge is 0.369 e. The Morgan fingerprint density at radius 2 is 2.21 bits per heavy atom. The summed E-state index contributed by atoms with van der Waals surface area (Å²) in [6.45, 7) is 9.23. The van der Waals surface area contributed by atoms with E-state index in [4.69, 9.17) is 0 Å². The second kappa shape index (κ2) is 6.38. The first-order chi connectivity index (χ1) is 9.06. The first-order valence-corrected chi connectivity index (χ1v) is 7.33. The SMILES string of the molecule is CC1CCCN(c2cc(CNC(C)C)ccc2F)C1. The highest BCUT2D eigenvalue weighted by molar-refractivity contribution is 5.50. The monoisotopic (exact) mass is 264 g/mol. The van der Waals surface area contributed by atoms with Crippen LogP contribution in [0.15, 0.2) is 18.2 Å². The fourth-order valence-electron chi connectivity index (χ4n) is 2.64. The highest BCUT2D eigenvalue weighted by Gasteiger charge is 2.19. The van der Waals surface area contributed by atoms with Crippen molar-refractivity contribution >= 4 is 5.69 Å². The zero-order valence-electron chi connectivity index (χ0n) is 12.2. The predicted octanol–water partition coefficient (Wildman–Crippen LogP) is 3.56. The summed E-state index contributed by atoms with van der Waals surface area (Å²) < 4.78 is 14.0. The summed E-state index contributed by atoms with van der Waals surface area (Å²) in [5.41, 5.74) is 1.93. The summed E-state index contributed by atoms with van der Waals surface area (Å²) in [5.74, 6) is 0.563. The van der Waals surface area contributed by atoms with E-state index in [-0.39, 0.29) is 5.82 Å². The van der Waals surface area contributed by atoms with Crippen LogP contribution in [-0.4, -0.2) is 19.1 Å². The zero-order valence-corrected chi connectivity index (χ0v) is 12.2. The Morgan fingerprint density at radius 1 is 1.42 bits per heavy atom. The van der Waals surface area contributed by atoms with Crippen LogP contribution in [0.3, 0.4) is 0 Å². The third-order valence-corrected chi connectivity index (χ3v) is 3.72. The number of nitrogens with one attached hydrogen (secondary N) is 1. The second-order valence-corrected chi connectivity index (χ2v) is 6.01. The molecule has 3 heteroatoms. The predicted molar refractivity (Wildman–Crippen MR) is 79.0 cm³/mol. The highest BCUT2D eigenvalue weighted by atomic mass is 19.1. The number of nitrogens with zero attached hydrogens (tertiary/aromatic N) is 1. The summed E-state index contributed by atoms with van der Waals surface area (Å²) in [7, 11) is 0. The molecular formula is C16H25FN2. The zero-order chi connectivity index (χ0) is 13.8. The van der Waals surface area contributed by atoms with E-state index in [1.807, 2.05) is 12.1 Å². The van der Waals surface area contributed by atoms with Gasteiger partial charge in [-0.2, -0.15) is 0 Å². The van der Waals surface area contributed by atoms with Gasteiger partial charge in [0.1, 0.15) is 5.82 Å². The van der Waals surface area contributed by atoms with E-state index in [0.29, 0.717) is 12.0 Å². The Kier molecular flexibility index (Phi) is 4.81. The molecule has 0 aromatic heterocycles. The van der Waals surface area contributed by atoms with E-state index in [9.17, 15) is 4.39 Å². The molecular weight excluding hydrogens is 239 g/mol. The van der Waals surface area contributed by atoms with Crippen molar-refractivity contribution in [1.82, 2.24) is 5.32 Å². The topological polar surface area (TPSA) is 15.3 Å². The van der Waals surface area contributed by atoms with Gasteiger partial charge in [-0.05, 0) is 36.5 Å². The fourth-order valence-corrected chi connectivity index (χ4v) is 2.64. The van der Waals surface area contributed by atoms with E-state index in [0.717, 1.165) is 37.3 Å². The van der Waals surface area contributed by atoms with Gasteiger partial charge in [0.2, 0.25) is 0 Å². The van der Waals surface area contributed by atoms with Crippen molar-refractivity contribution in [3.8, 4) is 0 Å². The summed E-state index contributed by atoms with van der Waals surface area (Å²) in [4.78, 5) is 2.20. The van der Waals surface area contributed by atoms with Gasteiger partial charge in [0, 0.05) is 25.7 Å². The summed E-state index contributed by atoms with van der Waals surface area (Å²) in [6.07, 6.45) is 2.42. The molecule has 0 amide bonds. The first kappa shape index (κ1) is 14.3. The smallest absolute Gasteiger partial charge is 0.146 e. The molecule has 1 unspecified atom stereocenters. The Balaban J connectivity index is 2.12. The van der Waals surface area contributed by atoms with Gasteiger partial charge in [-0.25, -0.2) is 4.39 Å². The molecule has 2 nitrogen and oxygen atoms in total. The Labute approximate surface area is 116 Å². The van der Waals surface area contributed by atoms with Gasteiger partial charge in [0.15, 0.2) is 0 Å². The Bertz CT molecular complexity index is 417. The molecule has 0 spiro atoms. The van der Waals surface area contributed by atoms with Crippen LogP contribution >= 0.6 is 0 Å². The maximum atomic E-state index is 14.0. The lowest BCUT2D eigenvalue weighted by molar-refractivity contribution is 0.442. The van der Waals surface area contributed by atoms with Gasteiger partial charge in [-0.15, -0.1) is 0 Å². The van der Waals surface area contributed by atoms with Crippen LogP contribution < -0.4 is 10.2 Å². The number of hydrogen-bond acceptors (Lipinski definition) is 2. The summed E-state index contributed by atoms with van der Waals surface area (Å²) in [6, 6.07) is 5.93. The van der Waals surface area contributed by atoms with Crippen LogP contribution in [-0.2, 0) is 6.54 Å². The lowest BCUT2D eigenvalue weighted by atomic mass is 9.99. The summed E-state index contributed by atoms with van der Waals surface area (Å²) >= 11 is 0. The molecule has 106 valence electrons. The van der Waals surface area contributed by atoms with Crippen LogP contribution in [0.5, 0.6) is 0 Å². The molecule has 1 heterocycles. The molecule has 1 aromatic rings. The number of rotatable bonds is 4. The number of benzene rings is 1. The van der Waals surface area contributed by atoms with Gasteiger partial charge in [0.25, 0.3) is 0 Å². The Hall–Kier alpha value is -1.09. The van der Waals surface area contributed by atoms with Crippen LogP contribution in [0.1, 0.15) is 39.2 Å². The summed E-state index contributed by atoms with van der Waals surface area (Å²) in [5, 5.41) is 3.38. The van der Waals surface area contributed by atoms with Crippen LogP contribution in [0.2, 0.25) is 0 Å². The molecule has 0 aliphatic carbocycles. The number of hydrogen-bond donors (Lipinski definition) is 1. The van der Waals surface area contributed by atoms with Crippen molar-refractivity contribution in [2.45, 2.75) is 46.2 Å².